The molecule has 0 fully saturated rings. The lowest BCUT2D eigenvalue weighted by Crippen LogP contribution is -2.40. The van der Waals surface area contributed by atoms with Crippen molar-refractivity contribution in [1.29, 1.82) is 0 Å². The molecule has 1 aliphatic rings. The lowest BCUT2D eigenvalue weighted by molar-refractivity contribution is 0.582. The molecule has 0 N–H and O–H groups in total. The van der Waals surface area contributed by atoms with Crippen LogP contribution in [-0.2, 0) is 36.5 Å². The van der Waals surface area contributed by atoms with Crippen LogP contribution in [0.4, 0.5) is 11.4 Å². The molecule has 1 aromatic carbocycles. The number of rotatable bonds is 8. The van der Waals surface area contributed by atoms with E-state index in [1.54, 1.807) is 19.9 Å². The fourth-order valence-corrected chi connectivity index (χ4v) is 8.22. The molecule has 0 radical (unpaired) electrons. The van der Waals surface area contributed by atoms with E-state index in [1.165, 1.54) is 16.4 Å². The van der Waals surface area contributed by atoms with Crippen LogP contribution in [0.5, 0.6) is 0 Å². The molecule has 154 valence electrons. The van der Waals surface area contributed by atoms with Gasteiger partial charge in [0.05, 0.1) is 29.1 Å². The van der Waals surface area contributed by atoms with Gasteiger partial charge >= 0.3 is 0 Å². The number of sulfonamides is 3. The first-order chi connectivity index (χ1) is 12.4. The molecule has 1 aromatic rings. The second-order valence-electron chi connectivity index (χ2n) is 6.58. The maximum atomic E-state index is 12.7. The predicted molar refractivity (Wildman–Crippen MR) is 108 cm³/mol. The number of aryl methyl sites for hydroxylation is 1. The van der Waals surface area contributed by atoms with Crippen molar-refractivity contribution < 1.29 is 25.3 Å². The van der Waals surface area contributed by atoms with Gasteiger partial charge in [-0.15, -0.1) is 0 Å². The monoisotopic (exact) mass is 438 g/mol. The Labute approximate surface area is 162 Å². The van der Waals surface area contributed by atoms with Gasteiger partial charge in [-0.05, 0) is 43.4 Å². The maximum absolute atomic E-state index is 12.7. The summed E-state index contributed by atoms with van der Waals surface area (Å²) in [5.41, 5.74) is 1.03. The van der Waals surface area contributed by atoms with Crippen LogP contribution in [0.15, 0.2) is 18.2 Å². The van der Waals surface area contributed by atoms with Crippen LogP contribution in [0.25, 0.3) is 0 Å². The van der Waals surface area contributed by atoms with Crippen LogP contribution in [0.1, 0.15) is 38.7 Å². The number of nitrogens with zero attached hydrogens (tertiary/aromatic N) is 2. The number of fused-ring (bicyclic) bond motifs is 1. The van der Waals surface area contributed by atoms with E-state index in [0.29, 0.717) is 22.2 Å². The number of anilines is 2. The molecule has 8 nitrogen and oxygen atoms in total. The average molecular weight is 439 g/mol. The van der Waals surface area contributed by atoms with Gasteiger partial charge in [-0.25, -0.2) is 25.3 Å². The van der Waals surface area contributed by atoms with E-state index in [-0.39, 0.29) is 36.6 Å². The SMILES string of the molecule is CCCS(=O)(=O)N(c1ccc2c(c1)N(S(C)(=O)=O)CCC2)S(=O)(=O)CCC. The van der Waals surface area contributed by atoms with Crippen LogP contribution in [0, 0.1) is 0 Å². The first-order valence-corrected chi connectivity index (χ1v) is 13.9. The molecule has 0 spiro atoms. The third-order valence-electron chi connectivity index (χ3n) is 4.19. The molecule has 1 heterocycles. The van der Waals surface area contributed by atoms with Crippen LogP contribution < -0.4 is 8.02 Å². The minimum atomic E-state index is -4.11. The summed E-state index contributed by atoms with van der Waals surface area (Å²) in [5.74, 6) is -0.633. The molecule has 0 aliphatic carbocycles. The number of hydrogen-bond donors (Lipinski definition) is 0. The van der Waals surface area contributed by atoms with Gasteiger partial charge in [-0.2, -0.15) is 3.71 Å². The third kappa shape index (κ3) is 4.75. The maximum Gasteiger partial charge on any atom is 0.248 e. The van der Waals surface area contributed by atoms with Crippen molar-refractivity contribution >= 4 is 41.4 Å². The van der Waals surface area contributed by atoms with Crippen molar-refractivity contribution in [2.24, 2.45) is 0 Å². The topological polar surface area (TPSA) is 109 Å². The van der Waals surface area contributed by atoms with Crippen molar-refractivity contribution in [3.63, 3.8) is 0 Å². The van der Waals surface area contributed by atoms with Gasteiger partial charge in [0.25, 0.3) is 0 Å². The van der Waals surface area contributed by atoms with Crippen molar-refractivity contribution in [3.8, 4) is 0 Å². The molecule has 0 atom stereocenters. The normalized spacial score (nSPS) is 15.4. The fourth-order valence-electron chi connectivity index (χ4n) is 3.16. The zero-order chi connectivity index (χ0) is 20.5. The molecule has 0 bridgehead atoms. The molecular weight excluding hydrogens is 412 g/mol. The van der Waals surface area contributed by atoms with Gasteiger partial charge in [-0.3, -0.25) is 4.31 Å². The van der Waals surface area contributed by atoms with Gasteiger partial charge in [0.15, 0.2) is 0 Å². The quantitative estimate of drug-likeness (QED) is 0.611. The second-order valence-corrected chi connectivity index (χ2v) is 12.6. The Hall–Kier alpha value is -1.33. The first-order valence-electron chi connectivity index (χ1n) is 8.80. The molecule has 2 rings (SSSR count). The van der Waals surface area contributed by atoms with E-state index >= 15 is 0 Å². The van der Waals surface area contributed by atoms with Crippen LogP contribution >= 0.6 is 0 Å². The number of hydrogen-bond acceptors (Lipinski definition) is 6. The highest BCUT2D eigenvalue weighted by Crippen LogP contribution is 2.35. The summed E-state index contributed by atoms with van der Waals surface area (Å²) >= 11 is 0. The van der Waals surface area contributed by atoms with Gasteiger partial charge in [0.2, 0.25) is 30.1 Å². The van der Waals surface area contributed by atoms with Crippen molar-refractivity contribution in [2.75, 3.05) is 32.3 Å². The summed E-state index contributed by atoms with van der Waals surface area (Å²) in [6, 6.07) is 4.40. The fraction of sp³-hybridized carbons (Fsp3) is 0.625. The van der Waals surface area contributed by atoms with E-state index in [2.05, 4.69) is 0 Å². The Morgan fingerprint density at radius 3 is 2.00 bits per heavy atom. The van der Waals surface area contributed by atoms with Gasteiger partial charge in [-0.1, -0.05) is 19.9 Å². The lowest BCUT2D eigenvalue weighted by atomic mass is 10.0. The van der Waals surface area contributed by atoms with Crippen LogP contribution in [0.3, 0.4) is 0 Å². The summed E-state index contributed by atoms with van der Waals surface area (Å²) in [5, 5.41) is 0. The average Bonchev–Trinajstić information content (AvgIpc) is 2.52. The largest absolute Gasteiger partial charge is 0.270 e. The molecule has 11 heteroatoms. The van der Waals surface area contributed by atoms with Gasteiger partial charge in [0.1, 0.15) is 0 Å². The summed E-state index contributed by atoms with van der Waals surface area (Å²) in [4.78, 5) is 0. The Balaban J connectivity index is 2.68. The molecule has 0 unspecified atom stereocenters. The number of benzene rings is 1. The predicted octanol–water partition coefficient (Wildman–Crippen LogP) is 1.68. The molecule has 1 aliphatic heterocycles. The van der Waals surface area contributed by atoms with Gasteiger partial charge in [0, 0.05) is 6.54 Å². The highest BCUT2D eigenvalue weighted by Gasteiger charge is 2.34. The smallest absolute Gasteiger partial charge is 0.248 e. The van der Waals surface area contributed by atoms with Crippen molar-refractivity contribution in [3.05, 3.63) is 23.8 Å². The summed E-state index contributed by atoms with van der Waals surface area (Å²) in [7, 11) is -11.8. The summed E-state index contributed by atoms with van der Waals surface area (Å²) < 4.78 is 76.7. The Kier molecular flexibility index (Phi) is 6.48. The molecule has 0 aromatic heterocycles. The van der Waals surface area contributed by atoms with E-state index < -0.39 is 30.1 Å². The lowest BCUT2D eigenvalue weighted by Gasteiger charge is -2.31. The zero-order valence-electron chi connectivity index (χ0n) is 15.8. The molecule has 0 amide bonds. The highest BCUT2D eigenvalue weighted by molar-refractivity contribution is 8.10. The second kappa shape index (κ2) is 7.96. The Morgan fingerprint density at radius 2 is 1.52 bits per heavy atom. The van der Waals surface area contributed by atoms with E-state index in [4.69, 9.17) is 0 Å². The summed E-state index contributed by atoms with van der Waals surface area (Å²) in [6.07, 6.45) is 2.90. The molecule has 27 heavy (non-hydrogen) atoms. The minimum Gasteiger partial charge on any atom is -0.270 e. The van der Waals surface area contributed by atoms with Crippen LogP contribution in [-0.4, -0.2) is 49.6 Å². The molecule has 0 saturated heterocycles. The van der Waals surface area contributed by atoms with E-state index in [9.17, 15) is 25.3 Å². The summed E-state index contributed by atoms with van der Waals surface area (Å²) in [6.45, 7) is 3.58. The van der Waals surface area contributed by atoms with E-state index in [1.807, 2.05) is 0 Å². The van der Waals surface area contributed by atoms with Gasteiger partial charge < -0.3 is 0 Å². The standard InChI is InChI=1S/C16H26N2O6S3/c1-4-11-26(21,22)18(27(23,24)12-5-2)15-9-8-14-7-6-10-17(16(14)13-15)25(3,19)20/h8-9,13H,4-7,10-12H2,1-3H3. The van der Waals surface area contributed by atoms with Crippen molar-refractivity contribution in [2.45, 2.75) is 39.5 Å². The van der Waals surface area contributed by atoms with Crippen LogP contribution in [0.2, 0.25) is 0 Å². The van der Waals surface area contributed by atoms with E-state index in [0.717, 1.165) is 11.8 Å². The molecular formula is C16H26N2O6S3. The third-order valence-corrected chi connectivity index (χ3v) is 10.0. The van der Waals surface area contributed by atoms with Crippen molar-refractivity contribution in [1.82, 2.24) is 0 Å². The zero-order valence-corrected chi connectivity index (χ0v) is 18.2. The first kappa shape index (κ1) is 22.0. The molecule has 0 saturated carbocycles. The Bertz CT molecular complexity index is 965. The Morgan fingerprint density at radius 1 is 0.963 bits per heavy atom. The minimum absolute atomic E-state index is 0.0498. The highest BCUT2D eigenvalue weighted by atomic mass is 32.3.